The van der Waals surface area contributed by atoms with Crippen LogP contribution in [0.2, 0.25) is 0 Å². The molecule has 8 nitrogen and oxygen atoms in total. The third-order valence-corrected chi connectivity index (χ3v) is 7.59. The molecule has 0 unspecified atom stereocenters. The number of hydrogen-bond donors (Lipinski definition) is 1. The van der Waals surface area contributed by atoms with E-state index in [4.69, 9.17) is 15.2 Å². The van der Waals surface area contributed by atoms with Gasteiger partial charge in [-0.25, -0.2) is 14.7 Å². The SMILES string of the molecule is CN(CCCCOc1cccc(-c2csc(N=C(N)N(Cc3ccccc3)C(=O)OC(C)(C)C)n2)c1)c1ccc(Br)cc1. The molecule has 0 saturated carbocycles. The normalized spacial score (nSPS) is 11.7. The van der Waals surface area contributed by atoms with Crippen LogP contribution >= 0.6 is 27.3 Å². The minimum absolute atomic E-state index is 0.0156. The van der Waals surface area contributed by atoms with Gasteiger partial charge in [0, 0.05) is 34.7 Å². The molecule has 0 aliphatic rings. The third kappa shape index (κ3) is 10.1. The second-order valence-electron chi connectivity index (χ2n) is 11.0. The first-order chi connectivity index (χ1) is 20.6. The van der Waals surface area contributed by atoms with Gasteiger partial charge in [0.1, 0.15) is 11.4 Å². The van der Waals surface area contributed by atoms with Crippen molar-refractivity contribution in [3.8, 4) is 17.0 Å². The van der Waals surface area contributed by atoms with Crippen molar-refractivity contribution in [1.82, 2.24) is 9.88 Å². The number of aromatic nitrogens is 1. The van der Waals surface area contributed by atoms with Crippen molar-refractivity contribution in [2.45, 2.75) is 45.8 Å². The number of benzene rings is 3. The van der Waals surface area contributed by atoms with Crippen LogP contribution in [0.5, 0.6) is 5.75 Å². The van der Waals surface area contributed by atoms with Crippen LogP contribution in [0.4, 0.5) is 15.6 Å². The van der Waals surface area contributed by atoms with Gasteiger partial charge in [-0.3, -0.25) is 0 Å². The molecule has 0 fully saturated rings. The lowest BCUT2D eigenvalue weighted by molar-refractivity contribution is 0.0357. The first-order valence-electron chi connectivity index (χ1n) is 14.1. The number of thiazole rings is 1. The largest absolute Gasteiger partial charge is 0.494 e. The molecule has 0 aliphatic heterocycles. The quantitative estimate of drug-likeness (QED) is 0.0986. The van der Waals surface area contributed by atoms with Crippen LogP contribution in [0.1, 0.15) is 39.2 Å². The van der Waals surface area contributed by atoms with Gasteiger partial charge in [0.15, 0.2) is 0 Å². The molecule has 1 amide bonds. The lowest BCUT2D eigenvalue weighted by atomic mass is 10.2. The van der Waals surface area contributed by atoms with Crippen LogP contribution in [0, 0.1) is 0 Å². The highest BCUT2D eigenvalue weighted by Crippen LogP contribution is 2.29. The number of nitrogens with two attached hydrogens (primary N) is 1. The number of halogens is 1. The zero-order valence-corrected chi connectivity index (χ0v) is 27.4. The van der Waals surface area contributed by atoms with Crippen molar-refractivity contribution in [1.29, 1.82) is 0 Å². The van der Waals surface area contributed by atoms with Gasteiger partial charge in [-0.2, -0.15) is 4.99 Å². The van der Waals surface area contributed by atoms with Crippen molar-refractivity contribution in [3.05, 3.63) is 94.3 Å². The molecule has 226 valence electrons. The maximum atomic E-state index is 13.0. The molecule has 0 spiro atoms. The molecule has 0 radical (unpaired) electrons. The summed E-state index contributed by atoms with van der Waals surface area (Å²) < 4.78 is 12.7. The Hall–Kier alpha value is -3.89. The van der Waals surface area contributed by atoms with E-state index in [2.05, 4.69) is 62.1 Å². The number of rotatable bonds is 11. The van der Waals surface area contributed by atoms with E-state index in [0.717, 1.165) is 46.4 Å². The summed E-state index contributed by atoms with van der Waals surface area (Å²) >= 11 is 4.83. The molecular formula is C33H38BrN5O3S. The Morgan fingerprint density at radius 3 is 2.49 bits per heavy atom. The van der Waals surface area contributed by atoms with Crippen molar-refractivity contribution < 1.29 is 14.3 Å². The van der Waals surface area contributed by atoms with Gasteiger partial charge in [0.05, 0.1) is 18.8 Å². The van der Waals surface area contributed by atoms with Gasteiger partial charge >= 0.3 is 6.09 Å². The fraction of sp³-hybridized carbons (Fsp3) is 0.303. The molecule has 0 saturated heterocycles. The molecular weight excluding hydrogens is 626 g/mol. The lowest BCUT2D eigenvalue weighted by Gasteiger charge is -2.26. The van der Waals surface area contributed by atoms with E-state index in [0.29, 0.717) is 11.7 Å². The van der Waals surface area contributed by atoms with Crippen molar-refractivity contribution in [2.24, 2.45) is 10.7 Å². The zero-order chi connectivity index (χ0) is 30.8. The number of hydrogen-bond acceptors (Lipinski definition) is 7. The van der Waals surface area contributed by atoms with E-state index >= 15 is 0 Å². The fourth-order valence-corrected chi connectivity index (χ4v) is 5.11. The molecule has 1 heterocycles. The molecule has 10 heteroatoms. The maximum absolute atomic E-state index is 13.0. The summed E-state index contributed by atoms with van der Waals surface area (Å²) in [4.78, 5) is 25.7. The molecule has 1 aromatic heterocycles. The third-order valence-electron chi connectivity index (χ3n) is 6.33. The van der Waals surface area contributed by atoms with Gasteiger partial charge in [0.25, 0.3) is 0 Å². The Kier molecular flexibility index (Phi) is 11.2. The number of nitrogens with zero attached hydrogens (tertiary/aromatic N) is 4. The molecule has 0 aliphatic carbocycles. The molecule has 2 N–H and O–H groups in total. The smallest absolute Gasteiger partial charge is 0.417 e. The number of carbonyl (C=O) groups is 1. The minimum atomic E-state index is -0.677. The Morgan fingerprint density at radius 1 is 1.02 bits per heavy atom. The standard InChI is InChI=1S/C33H38BrN5O3S/c1-33(2,3)42-32(40)39(22-24-11-6-5-7-12-24)30(35)37-31-36-29(23-43-31)25-13-10-14-28(21-25)41-20-9-8-19-38(4)27-17-15-26(34)16-18-27/h5-7,10-18,21,23H,8-9,19-20,22H2,1-4H3,(H2,35,36,37). The molecule has 0 atom stereocenters. The summed E-state index contributed by atoms with van der Waals surface area (Å²) in [6.45, 7) is 7.24. The van der Waals surface area contributed by atoms with Gasteiger partial charge < -0.3 is 20.1 Å². The predicted octanol–water partition coefficient (Wildman–Crippen LogP) is 8.25. The van der Waals surface area contributed by atoms with E-state index in [1.165, 1.54) is 21.9 Å². The molecule has 4 rings (SSSR count). The molecule has 4 aromatic rings. The Balaban J connectivity index is 1.36. The van der Waals surface area contributed by atoms with Crippen LogP contribution in [0.3, 0.4) is 0 Å². The number of carbonyl (C=O) groups excluding carboxylic acids is 1. The van der Waals surface area contributed by atoms with E-state index < -0.39 is 11.7 Å². The Labute approximate surface area is 266 Å². The van der Waals surface area contributed by atoms with Gasteiger partial charge in [-0.05, 0) is 75.6 Å². The summed E-state index contributed by atoms with van der Waals surface area (Å²) in [5.74, 6) is 0.803. The summed E-state index contributed by atoms with van der Waals surface area (Å²) in [6, 6.07) is 25.8. The minimum Gasteiger partial charge on any atom is -0.494 e. The summed E-state index contributed by atoms with van der Waals surface area (Å²) in [6.07, 6.45) is 1.39. The van der Waals surface area contributed by atoms with Crippen LogP contribution in [0.25, 0.3) is 11.3 Å². The number of aliphatic imine (C=N–C) groups is 1. The molecule has 43 heavy (non-hydrogen) atoms. The highest BCUT2D eigenvalue weighted by molar-refractivity contribution is 9.10. The highest BCUT2D eigenvalue weighted by Gasteiger charge is 2.25. The number of amides is 1. The predicted molar refractivity (Wildman–Crippen MR) is 179 cm³/mol. The lowest BCUT2D eigenvalue weighted by Crippen LogP contribution is -2.44. The van der Waals surface area contributed by atoms with E-state index in [1.807, 2.05) is 80.7 Å². The number of unbranched alkanes of at least 4 members (excludes halogenated alkanes) is 1. The van der Waals surface area contributed by atoms with Crippen LogP contribution in [0.15, 0.2) is 93.7 Å². The van der Waals surface area contributed by atoms with Crippen molar-refractivity contribution in [2.75, 3.05) is 25.1 Å². The van der Waals surface area contributed by atoms with Gasteiger partial charge in [-0.1, -0.05) is 58.4 Å². The van der Waals surface area contributed by atoms with Gasteiger partial charge in [-0.15, -0.1) is 11.3 Å². The monoisotopic (exact) mass is 663 g/mol. The first kappa shape index (κ1) is 32.0. The summed E-state index contributed by atoms with van der Waals surface area (Å²) in [5, 5.41) is 2.36. The zero-order valence-electron chi connectivity index (χ0n) is 25.0. The van der Waals surface area contributed by atoms with Crippen LogP contribution in [-0.4, -0.2) is 47.7 Å². The summed E-state index contributed by atoms with van der Waals surface area (Å²) in [7, 11) is 2.10. The average molecular weight is 665 g/mol. The second-order valence-corrected chi connectivity index (χ2v) is 12.8. The Morgan fingerprint density at radius 2 is 1.77 bits per heavy atom. The molecule has 0 bridgehead atoms. The summed E-state index contributed by atoms with van der Waals surface area (Å²) in [5.41, 5.74) is 9.43. The number of guanidine groups is 1. The fourth-order valence-electron chi connectivity index (χ4n) is 4.14. The van der Waals surface area contributed by atoms with E-state index in [-0.39, 0.29) is 12.5 Å². The first-order valence-corrected chi connectivity index (χ1v) is 15.8. The van der Waals surface area contributed by atoms with Gasteiger partial charge in [0.2, 0.25) is 11.1 Å². The number of ether oxygens (including phenoxy) is 2. The van der Waals surface area contributed by atoms with Crippen molar-refractivity contribution >= 4 is 50.1 Å². The topological polar surface area (TPSA) is 93.3 Å². The maximum Gasteiger partial charge on any atom is 0.417 e. The van der Waals surface area contributed by atoms with Crippen LogP contribution < -0.4 is 15.4 Å². The van der Waals surface area contributed by atoms with Crippen molar-refractivity contribution in [3.63, 3.8) is 0 Å². The highest BCUT2D eigenvalue weighted by atomic mass is 79.9. The second kappa shape index (κ2) is 15.0. The van der Waals surface area contributed by atoms with E-state index in [9.17, 15) is 4.79 Å². The average Bonchev–Trinajstić information content (AvgIpc) is 3.44. The van der Waals surface area contributed by atoms with E-state index in [1.54, 1.807) is 0 Å². The Bertz CT molecular complexity index is 1500. The number of anilines is 1. The van der Waals surface area contributed by atoms with Crippen LogP contribution in [-0.2, 0) is 11.3 Å². The molecule has 3 aromatic carbocycles.